The van der Waals surface area contributed by atoms with Crippen LogP contribution in [0.2, 0.25) is 10.0 Å². The van der Waals surface area contributed by atoms with Crippen LogP contribution in [0.25, 0.3) is 0 Å². The fraction of sp³-hybridized carbons (Fsp3) is 0.130. The molecular weight excluding hydrogens is 485 g/mol. The van der Waals surface area contributed by atoms with Crippen molar-refractivity contribution < 1.29 is 18.0 Å². The zero-order valence-electron chi connectivity index (χ0n) is 17.4. The van der Waals surface area contributed by atoms with Crippen molar-refractivity contribution in [2.24, 2.45) is 5.73 Å². The number of carbonyl (C=O) groups excluding carboxylic acids is 2. The summed E-state index contributed by atoms with van der Waals surface area (Å²) < 4.78 is 27.8. The van der Waals surface area contributed by atoms with E-state index in [9.17, 15) is 18.0 Å². The van der Waals surface area contributed by atoms with Crippen molar-refractivity contribution in [3.63, 3.8) is 0 Å². The molecule has 0 aliphatic rings. The van der Waals surface area contributed by atoms with Gasteiger partial charge in [-0.2, -0.15) is 4.31 Å². The molecule has 0 aliphatic heterocycles. The summed E-state index contributed by atoms with van der Waals surface area (Å²) in [4.78, 5) is 23.7. The molecule has 0 saturated carbocycles. The van der Waals surface area contributed by atoms with E-state index in [1.807, 2.05) is 30.3 Å². The molecule has 0 spiro atoms. The van der Waals surface area contributed by atoms with E-state index in [-0.39, 0.29) is 27.0 Å². The predicted molar refractivity (Wildman–Crippen MR) is 129 cm³/mol. The molecule has 3 N–H and O–H groups in total. The minimum absolute atomic E-state index is 0.00607. The van der Waals surface area contributed by atoms with Gasteiger partial charge in [-0.05, 0) is 54.4 Å². The second-order valence-electron chi connectivity index (χ2n) is 7.14. The molecule has 0 bridgehead atoms. The minimum atomic E-state index is -4.13. The number of anilines is 1. The Morgan fingerprint density at radius 2 is 1.61 bits per heavy atom. The maximum Gasteiger partial charge on any atom is 0.248 e. The third-order valence-electron chi connectivity index (χ3n) is 4.78. The Morgan fingerprint density at radius 1 is 0.939 bits per heavy atom. The number of nitrogens with two attached hydrogens (primary N) is 1. The molecule has 0 aliphatic carbocycles. The third-order valence-corrected chi connectivity index (χ3v) is 7.34. The maximum atomic E-state index is 13.4. The van der Waals surface area contributed by atoms with Crippen molar-refractivity contribution in [2.75, 3.05) is 18.4 Å². The van der Waals surface area contributed by atoms with Crippen LogP contribution in [-0.2, 0) is 21.2 Å². The molecule has 0 atom stereocenters. The summed E-state index contributed by atoms with van der Waals surface area (Å²) >= 11 is 12.1. The Kier molecular flexibility index (Phi) is 8.10. The van der Waals surface area contributed by atoms with Crippen molar-refractivity contribution in [2.45, 2.75) is 11.3 Å². The van der Waals surface area contributed by atoms with Gasteiger partial charge in [-0.1, -0.05) is 53.5 Å². The van der Waals surface area contributed by atoms with E-state index in [0.717, 1.165) is 9.87 Å². The number of hydrogen-bond acceptors (Lipinski definition) is 4. The van der Waals surface area contributed by atoms with Gasteiger partial charge in [0.1, 0.15) is 4.90 Å². The Morgan fingerprint density at radius 3 is 2.24 bits per heavy atom. The van der Waals surface area contributed by atoms with Crippen LogP contribution >= 0.6 is 23.2 Å². The molecule has 33 heavy (non-hydrogen) atoms. The largest absolute Gasteiger partial charge is 0.366 e. The summed E-state index contributed by atoms with van der Waals surface area (Å²) in [5.41, 5.74) is 6.81. The number of rotatable bonds is 9. The Bertz CT molecular complexity index is 1250. The van der Waals surface area contributed by atoms with Crippen molar-refractivity contribution in [3.05, 3.63) is 94.0 Å². The van der Waals surface area contributed by atoms with Gasteiger partial charge in [-0.15, -0.1) is 0 Å². The predicted octanol–water partition coefficient (Wildman–Crippen LogP) is 3.96. The van der Waals surface area contributed by atoms with Gasteiger partial charge in [0.05, 0.1) is 11.6 Å². The summed E-state index contributed by atoms with van der Waals surface area (Å²) in [6.45, 7) is -0.404. The van der Waals surface area contributed by atoms with Crippen LogP contribution < -0.4 is 11.1 Å². The van der Waals surface area contributed by atoms with E-state index < -0.39 is 28.4 Å². The zero-order valence-corrected chi connectivity index (χ0v) is 19.7. The second-order valence-corrected chi connectivity index (χ2v) is 9.89. The summed E-state index contributed by atoms with van der Waals surface area (Å²) in [5, 5.41) is 2.84. The number of hydrogen-bond donors (Lipinski definition) is 2. The van der Waals surface area contributed by atoms with Crippen LogP contribution in [0.1, 0.15) is 15.9 Å². The zero-order chi connectivity index (χ0) is 24.0. The molecule has 7 nitrogen and oxygen atoms in total. The molecule has 0 fully saturated rings. The second kappa shape index (κ2) is 10.8. The molecular formula is C23H21Cl2N3O4S. The van der Waals surface area contributed by atoms with Crippen molar-refractivity contribution in [1.29, 1.82) is 0 Å². The first-order valence-corrected chi connectivity index (χ1v) is 12.1. The van der Waals surface area contributed by atoms with Gasteiger partial charge in [-0.25, -0.2) is 8.42 Å². The van der Waals surface area contributed by atoms with Crippen LogP contribution in [0, 0.1) is 0 Å². The van der Waals surface area contributed by atoms with Crippen LogP contribution in [-0.4, -0.2) is 37.6 Å². The molecule has 172 valence electrons. The molecule has 3 aromatic carbocycles. The van der Waals surface area contributed by atoms with Gasteiger partial charge in [0, 0.05) is 22.8 Å². The lowest BCUT2D eigenvalue weighted by Crippen LogP contribution is -2.39. The van der Waals surface area contributed by atoms with E-state index >= 15 is 0 Å². The molecule has 0 unspecified atom stereocenters. The maximum absolute atomic E-state index is 13.4. The van der Waals surface area contributed by atoms with Gasteiger partial charge in [-0.3, -0.25) is 9.59 Å². The number of carbonyl (C=O) groups is 2. The van der Waals surface area contributed by atoms with E-state index in [1.54, 1.807) is 0 Å². The first-order chi connectivity index (χ1) is 15.7. The normalized spacial score (nSPS) is 11.4. The number of benzene rings is 3. The lowest BCUT2D eigenvalue weighted by atomic mass is 10.1. The first kappa shape index (κ1) is 24.7. The first-order valence-electron chi connectivity index (χ1n) is 9.85. The smallest absolute Gasteiger partial charge is 0.248 e. The lowest BCUT2D eigenvalue weighted by molar-refractivity contribution is -0.116. The monoisotopic (exact) mass is 505 g/mol. The number of nitrogens with zero attached hydrogens (tertiary/aromatic N) is 1. The number of amides is 2. The van der Waals surface area contributed by atoms with Gasteiger partial charge in [0.25, 0.3) is 0 Å². The number of primary amides is 1. The molecule has 0 saturated heterocycles. The average molecular weight is 506 g/mol. The molecule has 10 heteroatoms. The van der Waals surface area contributed by atoms with Gasteiger partial charge >= 0.3 is 0 Å². The Labute approximate surface area is 202 Å². The van der Waals surface area contributed by atoms with Crippen LogP contribution in [0.15, 0.2) is 77.7 Å². The fourth-order valence-electron chi connectivity index (χ4n) is 3.08. The molecule has 2 amide bonds. The Balaban J connectivity index is 1.83. The standard InChI is InChI=1S/C23H21Cl2N3O4S/c24-18-8-11-20(25)21(14-18)33(31,32)28(13-12-16-4-2-1-3-5-16)15-22(29)27-19-9-6-17(7-10-19)23(26)30/h1-11,14H,12-13,15H2,(H2,26,30)(H,27,29). The van der Waals surface area contributed by atoms with E-state index in [1.165, 1.54) is 42.5 Å². The summed E-state index contributed by atoms with van der Waals surface area (Å²) in [5.74, 6) is -1.15. The van der Waals surface area contributed by atoms with Gasteiger partial charge in [0.15, 0.2) is 0 Å². The summed E-state index contributed by atoms with van der Waals surface area (Å²) in [6.07, 6.45) is 0.388. The molecule has 0 heterocycles. The van der Waals surface area contributed by atoms with Crippen molar-refractivity contribution >= 4 is 50.7 Å². The highest BCUT2D eigenvalue weighted by Gasteiger charge is 2.29. The SMILES string of the molecule is NC(=O)c1ccc(NC(=O)CN(CCc2ccccc2)S(=O)(=O)c2cc(Cl)ccc2Cl)cc1. The van der Waals surface area contributed by atoms with Crippen LogP contribution in [0.5, 0.6) is 0 Å². The lowest BCUT2D eigenvalue weighted by Gasteiger charge is -2.22. The molecule has 0 aromatic heterocycles. The summed E-state index contributed by atoms with van der Waals surface area (Å²) in [6, 6.07) is 19.4. The molecule has 3 rings (SSSR count). The highest BCUT2D eigenvalue weighted by molar-refractivity contribution is 7.89. The van der Waals surface area contributed by atoms with E-state index in [0.29, 0.717) is 12.1 Å². The van der Waals surface area contributed by atoms with Crippen LogP contribution in [0.4, 0.5) is 5.69 Å². The molecule has 0 radical (unpaired) electrons. The fourth-order valence-corrected chi connectivity index (χ4v) is 5.21. The molecule has 3 aromatic rings. The summed E-state index contributed by atoms with van der Waals surface area (Å²) in [7, 11) is -4.13. The van der Waals surface area contributed by atoms with Crippen LogP contribution in [0.3, 0.4) is 0 Å². The van der Waals surface area contributed by atoms with Gasteiger partial charge < -0.3 is 11.1 Å². The van der Waals surface area contributed by atoms with Crippen molar-refractivity contribution in [1.82, 2.24) is 4.31 Å². The topological polar surface area (TPSA) is 110 Å². The Hall–Kier alpha value is -2.91. The highest BCUT2D eigenvalue weighted by atomic mass is 35.5. The highest BCUT2D eigenvalue weighted by Crippen LogP contribution is 2.28. The van der Waals surface area contributed by atoms with Crippen molar-refractivity contribution in [3.8, 4) is 0 Å². The number of halogens is 2. The quantitative estimate of drug-likeness (QED) is 0.458. The average Bonchev–Trinajstić information content (AvgIpc) is 2.79. The van der Waals surface area contributed by atoms with E-state index in [4.69, 9.17) is 28.9 Å². The van der Waals surface area contributed by atoms with E-state index in [2.05, 4.69) is 5.32 Å². The number of sulfonamides is 1. The van der Waals surface area contributed by atoms with Gasteiger partial charge in [0.2, 0.25) is 21.8 Å². The number of nitrogens with one attached hydrogen (secondary N) is 1. The minimum Gasteiger partial charge on any atom is -0.366 e. The third kappa shape index (κ3) is 6.55.